The van der Waals surface area contributed by atoms with Gasteiger partial charge in [0.15, 0.2) is 0 Å². The molecule has 0 unspecified atom stereocenters. The van der Waals surface area contributed by atoms with Gasteiger partial charge in [0.25, 0.3) is 6.71 Å². The summed E-state index contributed by atoms with van der Waals surface area (Å²) in [7, 11) is 0. The fourth-order valence-corrected chi connectivity index (χ4v) is 14.4. The lowest BCUT2D eigenvalue weighted by molar-refractivity contribution is 0.506. The van der Waals surface area contributed by atoms with Crippen molar-refractivity contribution >= 4 is 131 Å². The van der Waals surface area contributed by atoms with E-state index in [2.05, 4.69) is 242 Å². The molecular formula is C67H61BN2S2. The second-order valence-corrected chi connectivity index (χ2v) is 24.6. The maximum Gasteiger partial charge on any atom is 0.256 e. The third-order valence-electron chi connectivity index (χ3n) is 17.6. The average Bonchev–Trinajstić information content (AvgIpc) is 3.99. The molecule has 0 atom stereocenters. The number of hydrogen-bond donors (Lipinski definition) is 0. The van der Waals surface area contributed by atoms with Crippen molar-refractivity contribution in [2.24, 2.45) is 0 Å². The van der Waals surface area contributed by atoms with Crippen molar-refractivity contribution in [3.05, 3.63) is 187 Å². The summed E-state index contributed by atoms with van der Waals surface area (Å²) in [6.45, 7) is 21.3. The van der Waals surface area contributed by atoms with Gasteiger partial charge in [-0.05, 0) is 177 Å². The maximum atomic E-state index is 2.61. The molecule has 2 aromatic heterocycles. The van der Waals surface area contributed by atoms with Crippen molar-refractivity contribution in [1.29, 1.82) is 0 Å². The molecule has 0 radical (unpaired) electrons. The van der Waals surface area contributed by atoms with Crippen LogP contribution in [0.3, 0.4) is 0 Å². The van der Waals surface area contributed by atoms with E-state index in [-0.39, 0.29) is 23.0 Å². The van der Waals surface area contributed by atoms with Gasteiger partial charge in [0.05, 0.1) is 10.0 Å². The van der Waals surface area contributed by atoms with E-state index >= 15 is 0 Å². The number of rotatable bonds is 9. The van der Waals surface area contributed by atoms with Crippen LogP contribution >= 0.6 is 22.7 Å². The lowest BCUT2D eigenvalue weighted by Gasteiger charge is -2.42. The molecule has 13 rings (SSSR count). The largest absolute Gasteiger partial charge is 0.303 e. The summed E-state index contributed by atoms with van der Waals surface area (Å²) in [6.07, 6.45) is 3.23. The van der Waals surface area contributed by atoms with Crippen LogP contribution in [-0.2, 0) is 16.2 Å². The van der Waals surface area contributed by atoms with Gasteiger partial charge < -0.3 is 9.80 Å². The van der Waals surface area contributed by atoms with Gasteiger partial charge >= 0.3 is 0 Å². The topological polar surface area (TPSA) is 6.48 Å². The Morgan fingerprint density at radius 1 is 0.361 bits per heavy atom. The van der Waals surface area contributed by atoms with Gasteiger partial charge in [-0.2, -0.15) is 0 Å². The van der Waals surface area contributed by atoms with Crippen LogP contribution in [0.1, 0.15) is 98.3 Å². The zero-order chi connectivity index (χ0) is 49.4. The monoisotopic (exact) mass is 968 g/mol. The molecule has 9 aromatic carbocycles. The average molecular weight is 969 g/mol. The molecule has 0 N–H and O–H groups in total. The Morgan fingerprint density at radius 3 is 1.24 bits per heavy atom. The molecule has 5 heteroatoms. The van der Waals surface area contributed by atoms with Crippen molar-refractivity contribution < 1.29 is 0 Å². The van der Waals surface area contributed by atoms with E-state index in [4.69, 9.17) is 0 Å². The summed E-state index contributed by atoms with van der Waals surface area (Å²) in [6, 6.07) is 65.7. The predicted octanol–water partition coefficient (Wildman–Crippen LogP) is 18.4. The molecule has 72 heavy (non-hydrogen) atoms. The number of anilines is 6. The van der Waals surface area contributed by atoms with E-state index in [0.29, 0.717) is 0 Å². The molecule has 2 aliphatic rings. The Bertz CT molecular complexity index is 3950. The van der Waals surface area contributed by atoms with E-state index in [0.717, 1.165) is 19.3 Å². The van der Waals surface area contributed by atoms with E-state index in [1.807, 2.05) is 22.7 Å². The van der Waals surface area contributed by atoms with Gasteiger partial charge in [0.2, 0.25) is 0 Å². The summed E-state index contributed by atoms with van der Waals surface area (Å²) in [5.74, 6) is 0. The molecule has 0 aliphatic carbocycles. The minimum atomic E-state index is 0.0391. The van der Waals surface area contributed by atoms with Gasteiger partial charge in [0.1, 0.15) is 0 Å². The highest BCUT2D eigenvalue weighted by molar-refractivity contribution is 7.29. The molecule has 0 saturated heterocycles. The molecule has 2 nitrogen and oxygen atoms in total. The van der Waals surface area contributed by atoms with E-state index in [1.54, 1.807) is 0 Å². The van der Waals surface area contributed by atoms with Crippen molar-refractivity contribution in [2.75, 3.05) is 9.80 Å². The summed E-state index contributed by atoms with van der Waals surface area (Å²) >= 11 is 3.92. The number of thiophene rings is 2. The molecule has 2 aliphatic heterocycles. The number of nitrogens with zero attached hydrogens (tertiary/aromatic N) is 2. The highest BCUT2D eigenvalue weighted by Crippen LogP contribution is 2.51. The normalized spacial score (nSPS) is 13.7. The molecule has 0 spiro atoms. The predicted molar refractivity (Wildman–Crippen MR) is 319 cm³/mol. The van der Waals surface area contributed by atoms with Crippen LogP contribution in [-0.4, -0.2) is 6.71 Å². The van der Waals surface area contributed by atoms with E-state index in [9.17, 15) is 0 Å². The van der Waals surface area contributed by atoms with Gasteiger partial charge in [-0.25, -0.2) is 0 Å². The Labute approximate surface area is 433 Å². The van der Waals surface area contributed by atoms with Crippen LogP contribution < -0.4 is 26.2 Å². The van der Waals surface area contributed by atoms with Crippen molar-refractivity contribution in [3.63, 3.8) is 0 Å². The first-order valence-electron chi connectivity index (χ1n) is 26.2. The maximum absolute atomic E-state index is 2.61. The molecule has 0 amide bonds. The van der Waals surface area contributed by atoms with E-state index in [1.165, 1.54) is 129 Å². The minimum Gasteiger partial charge on any atom is -0.303 e. The Hall–Kier alpha value is -6.66. The van der Waals surface area contributed by atoms with Crippen LogP contribution in [0.15, 0.2) is 170 Å². The van der Waals surface area contributed by atoms with Crippen LogP contribution in [0.5, 0.6) is 0 Å². The molecule has 0 bridgehead atoms. The number of fused-ring (bicyclic) bond motifs is 14. The Balaban J connectivity index is 1.05. The minimum absolute atomic E-state index is 0.0391. The fraction of sp³-hybridized carbons (Fsp3) is 0.224. The van der Waals surface area contributed by atoms with Crippen LogP contribution in [0.4, 0.5) is 32.8 Å². The molecule has 4 heterocycles. The standard InChI is InChI=1S/C67H61BN2S2/c1-10-65(4,5)43-27-33-47(34-28-43)70-57-23-17-22-56-62(57)68(61-55-40-45(67(8,9)12-3)30-37-59(55)72-64(61)70)60-54-39-44(66(6,7)11-2)29-36-58(54)71-63(60)69(56)46-31-24-41(25-32-46)42-26-35-52-50-20-14-13-18-48(50)49-19-15-16-21-51(49)53(52)38-42/h13-40H,10-12H2,1-9H3. The van der Waals surface area contributed by atoms with Crippen molar-refractivity contribution in [2.45, 2.75) is 97.8 Å². The summed E-state index contributed by atoms with van der Waals surface area (Å²) < 4.78 is 2.69. The highest BCUT2D eigenvalue weighted by atomic mass is 32.1. The number of benzene rings is 9. The molecular weight excluding hydrogens is 908 g/mol. The Kier molecular flexibility index (Phi) is 10.3. The van der Waals surface area contributed by atoms with Gasteiger partial charge in [-0.3, -0.25) is 0 Å². The van der Waals surface area contributed by atoms with Crippen LogP contribution in [0.2, 0.25) is 0 Å². The van der Waals surface area contributed by atoms with Gasteiger partial charge in [-0.15, -0.1) is 22.7 Å². The fourth-order valence-electron chi connectivity index (χ4n) is 11.9. The van der Waals surface area contributed by atoms with E-state index < -0.39 is 0 Å². The second-order valence-electron chi connectivity index (χ2n) is 22.5. The summed E-state index contributed by atoms with van der Waals surface area (Å²) in [5, 5.41) is 13.2. The van der Waals surface area contributed by atoms with Gasteiger partial charge in [-0.1, -0.05) is 178 Å². The zero-order valence-corrected chi connectivity index (χ0v) is 44.7. The van der Waals surface area contributed by atoms with Crippen molar-refractivity contribution in [3.8, 4) is 11.1 Å². The van der Waals surface area contributed by atoms with Crippen LogP contribution in [0.25, 0.3) is 63.6 Å². The lowest BCUT2D eigenvalue weighted by Crippen LogP contribution is -2.60. The second kappa shape index (κ2) is 16.4. The Morgan fingerprint density at radius 2 is 0.764 bits per heavy atom. The molecule has 11 aromatic rings. The zero-order valence-electron chi connectivity index (χ0n) is 43.1. The van der Waals surface area contributed by atoms with Gasteiger partial charge in [0, 0.05) is 32.1 Å². The highest BCUT2D eigenvalue weighted by Gasteiger charge is 2.47. The first-order chi connectivity index (χ1) is 34.8. The summed E-state index contributed by atoms with van der Waals surface area (Å²) in [4.78, 5) is 5.22. The van der Waals surface area contributed by atoms with Crippen molar-refractivity contribution in [1.82, 2.24) is 0 Å². The quantitative estimate of drug-likeness (QED) is 0.105. The number of hydrogen-bond acceptors (Lipinski definition) is 4. The first-order valence-corrected chi connectivity index (χ1v) is 27.8. The first kappa shape index (κ1) is 45.2. The molecule has 354 valence electrons. The lowest BCUT2D eigenvalue weighted by atomic mass is 9.33. The summed E-state index contributed by atoms with van der Waals surface area (Å²) in [5.41, 5.74) is 16.0. The molecule has 0 fully saturated rings. The smallest absolute Gasteiger partial charge is 0.256 e. The third-order valence-corrected chi connectivity index (χ3v) is 19.9. The molecule has 0 saturated carbocycles. The van der Waals surface area contributed by atoms with Crippen LogP contribution in [0, 0.1) is 0 Å². The SMILES string of the molecule is CCC(C)(C)c1ccc(N2c3cccc4c3B(c3c(sc5ccc(C(C)(C)CC)cc35)N4c3ccc(-c4ccc5c6ccccc6c6ccccc6c5c4)cc3)c3c2sc2ccc(C(C)(C)CC)cc32)cc1. The third kappa shape index (κ3) is 6.72.